The molecule has 0 saturated carbocycles. The van der Waals surface area contributed by atoms with E-state index in [4.69, 9.17) is 5.11 Å². The van der Waals surface area contributed by atoms with E-state index in [0.717, 1.165) is 0 Å². The molecule has 1 unspecified atom stereocenters. The fourth-order valence-corrected chi connectivity index (χ4v) is 1.96. The fraction of sp³-hybridized carbons (Fsp3) is 0.455. The Hall–Kier alpha value is -0.870. The van der Waals surface area contributed by atoms with Gasteiger partial charge in [0.25, 0.3) is 5.92 Å². The third kappa shape index (κ3) is 1.87. The molecule has 1 aliphatic heterocycles. The smallest absolute Gasteiger partial charge is 0.270 e. The lowest BCUT2D eigenvalue weighted by Gasteiger charge is -2.31. The summed E-state index contributed by atoms with van der Waals surface area (Å²) in [5.74, 6) is -2.66. The van der Waals surface area contributed by atoms with Crippen LogP contribution >= 0.6 is 12.4 Å². The second-order valence-corrected chi connectivity index (χ2v) is 4.05. The number of hydrogen-bond acceptors (Lipinski definition) is 2. The van der Waals surface area contributed by atoms with Crippen LogP contribution in [-0.4, -0.2) is 17.6 Å². The Labute approximate surface area is 99.1 Å². The van der Waals surface area contributed by atoms with Gasteiger partial charge < -0.3 is 10.4 Å². The zero-order valence-corrected chi connectivity index (χ0v) is 9.65. The lowest BCUT2D eigenvalue weighted by atomic mass is 9.87. The first-order valence-corrected chi connectivity index (χ1v) is 4.88. The van der Waals surface area contributed by atoms with Crippen LogP contribution in [0.1, 0.15) is 18.9 Å². The zero-order valence-electron chi connectivity index (χ0n) is 8.84. The SMILES string of the molecule is CC1(c2ccc(O)cc2)NCCC1(F)F.Cl. The molecule has 1 atom stereocenters. The number of benzene rings is 1. The molecule has 0 spiro atoms. The van der Waals surface area contributed by atoms with Gasteiger partial charge in [-0.1, -0.05) is 12.1 Å². The first-order valence-electron chi connectivity index (χ1n) is 4.88. The van der Waals surface area contributed by atoms with Gasteiger partial charge in [-0.15, -0.1) is 12.4 Å². The molecule has 1 aliphatic rings. The van der Waals surface area contributed by atoms with Crippen LogP contribution < -0.4 is 5.32 Å². The van der Waals surface area contributed by atoms with Gasteiger partial charge in [0, 0.05) is 13.0 Å². The summed E-state index contributed by atoms with van der Waals surface area (Å²) in [5.41, 5.74) is -0.816. The summed E-state index contributed by atoms with van der Waals surface area (Å²) in [7, 11) is 0. The van der Waals surface area contributed by atoms with Crippen LogP contribution in [0.25, 0.3) is 0 Å². The van der Waals surface area contributed by atoms with Crippen LogP contribution in [-0.2, 0) is 5.54 Å². The van der Waals surface area contributed by atoms with Crippen molar-refractivity contribution in [3.63, 3.8) is 0 Å². The lowest BCUT2D eigenvalue weighted by molar-refractivity contribution is -0.0559. The molecule has 1 fully saturated rings. The van der Waals surface area contributed by atoms with Gasteiger partial charge in [0.05, 0.1) is 0 Å². The number of rotatable bonds is 1. The maximum Gasteiger partial charge on any atom is 0.270 e. The second-order valence-electron chi connectivity index (χ2n) is 4.05. The van der Waals surface area contributed by atoms with Gasteiger partial charge in [-0.25, -0.2) is 8.78 Å². The van der Waals surface area contributed by atoms with Gasteiger partial charge in [0.15, 0.2) is 0 Å². The molecule has 0 radical (unpaired) electrons. The summed E-state index contributed by atoms with van der Waals surface area (Å²) in [6, 6.07) is 5.91. The number of hydrogen-bond donors (Lipinski definition) is 2. The summed E-state index contributed by atoms with van der Waals surface area (Å²) in [5, 5.41) is 11.9. The minimum absolute atomic E-state index is 0. The molecule has 1 aromatic rings. The van der Waals surface area contributed by atoms with Crippen molar-refractivity contribution in [1.82, 2.24) is 5.32 Å². The molecule has 0 aliphatic carbocycles. The molecule has 2 nitrogen and oxygen atoms in total. The third-order valence-electron chi connectivity index (χ3n) is 3.09. The van der Waals surface area contributed by atoms with Crippen LogP contribution in [0, 0.1) is 0 Å². The Bertz CT molecular complexity index is 369. The first-order chi connectivity index (χ1) is 6.96. The van der Waals surface area contributed by atoms with E-state index in [0.29, 0.717) is 12.1 Å². The van der Waals surface area contributed by atoms with Crippen molar-refractivity contribution in [3.05, 3.63) is 29.8 Å². The maximum atomic E-state index is 13.7. The molecule has 0 aromatic heterocycles. The van der Waals surface area contributed by atoms with Crippen molar-refractivity contribution in [1.29, 1.82) is 0 Å². The fourth-order valence-electron chi connectivity index (χ4n) is 1.96. The van der Waals surface area contributed by atoms with Crippen LogP contribution in [0.4, 0.5) is 8.78 Å². The molecule has 0 amide bonds. The Morgan fingerprint density at radius 1 is 1.25 bits per heavy atom. The molecule has 1 heterocycles. The van der Waals surface area contributed by atoms with Crippen molar-refractivity contribution >= 4 is 12.4 Å². The summed E-state index contributed by atoms with van der Waals surface area (Å²) in [4.78, 5) is 0. The Morgan fingerprint density at radius 2 is 1.81 bits per heavy atom. The third-order valence-corrected chi connectivity index (χ3v) is 3.09. The van der Waals surface area contributed by atoms with Gasteiger partial charge >= 0.3 is 0 Å². The van der Waals surface area contributed by atoms with E-state index in [-0.39, 0.29) is 24.6 Å². The summed E-state index contributed by atoms with van der Waals surface area (Å²) >= 11 is 0. The normalized spacial score (nSPS) is 27.4. The van der Waals surface area contributed by atoms with E-state index in [1.54, 1.807) is 0 Å². The van der Waals surface area contributed by atoms with Gasteiger partial charge in [-0.05, 0) is 24.6 Å². The van der Waals surface area contributed by atoms with Crippen molar-refractivity contribution < 1.29 is 13.9 Å². The van der Waals surface area contributed by atoms with E-state index in [2.05, 4.69) is 5.32 Å². The molecular formula is C11H14ClF2NO. The zero-order chi connectivity index (χ0) is 11.1. The maximum absolute atomic E-state index is 13.7. The second kappa shape index (κ2) is 4.18. The molecule has 1 saturated heterocycles. The predicted octanol–water partition coefficient (Wildman–Crippen LogP) is 2.66. The van der Waals surface area contributed by atoms with Crippen LogP contribution in [0.2, 0.25) is 0 Å². The predicted molar refractivity (Wildman–Crippen MR) is 60.3 cm³/mol. The van der Waals surface area contributed by atoms with Crippen molar-refractivity contribution in [2.45, 2.75) is 24.8 Å². The lowest BCUT2D eigenvalue weighted by Crippen LogP contribution is -2.45. The Balaban J connectivity index is 0.00000128. The number of halogens is 3. The largest absolute Gasteiger partial charge is 0.508 e. The Morgan fingerprint density at radius 3 is 2.25 bits per heavy atom. The molecule has 2 N–H and O–H groups in total. The molecule has 2 rings (SSSR count). The Kier molecular flexibility index (Phi) is 3.45. The van der Waals surface area contributed by atoms with Crippen LogP contribution in [0.15, 0.2) is 24.3 Å². The van der Waals surface area contributed by atoms with E-state index >= 15 is 0 Å². The highest BCUT2D eigenvalue weighted by Gasteiger charge is 2.54. The van der Waals surface area contributed by atoms with Crippen molar-refractivity contribution in [2.75, 3.05) is 6.54 Å². The number of phenols is 1. The number of aromatic hydroxyl groups is 1. The number of nitrogens with one attached hydrogen (secondary N) is 1. The van der Waals surface area contributed by atoms with E-state index < -0.39 is 11.5 Å². The summed E-state index contributed by atoms with van der Waals surface area (Å²) in [6.07, 6.45) is -0.148. The molecular weight excluding hydrogens is 236 g/mol. The standard InChI is InChI=1S/C11H13F2NO.ClH/c1-10(11(12,13)6-7-14-10)8-2-4-9(15)5-3-8;/h2-5,14-15H,6-7H2,1H3;1H. The molecule has 16 heavy (non-hydrogen) atoms. The average molecular weight is 250 g/mol. The van der Waals surface area contributed by atoms with Gasteiger partial charge in [0.2, 0.25) is 0 Å². The molecule has 90 valence electrons. The van der Waals surface area contributed by atoms with Crippen molar-refractivity contribution in [2.24, 2.45) is 0 Å². The van der Waals surface area contributed by atoms with E-state index in [1.807, 2.05) is 0 Å². The summed E-state index contributed by atoms with van der Waals surface area (Å²) in [6.45, 7) is 1.80. The monoisotopic (exact) mass is 249 g/mol. The van der Waals surface area contributed by atoms with Gasteiger partial charge in [-0.3, -0.25) is 0 Å². The van der Waals surface area contributed by atoms with E-state index in [1.165, 1.54) is 31.2 Å². The quantitative estimate of drug-likeness (QED) is 0.802. The molecule has 1 aromatic carbocycles. The highest BCUT2D eigenvalue weighted by molar-refractivity contribution is 5.85. The molecule has 0 bridgehead atoms. The highest BCUT2D eigenvalue weighted by Crippen LogP contribution is 2.43. The van der Waals surface area contributed by atoms with Gasteiger partial charge in [-0.2, -0.15) is 0 Å². The summed E-state index contributed by atoms with van der Waals surface area (Å²) < 4.78 is 27.3. The van der Waals surface area contributed by atoms with Crippen LogP contribution in [0.3, 0.4) is 0 Å². The number of alkyl halides is 2. The number of phenolic OH excluding ortho intramolecular Hbond substituents is 1. The van der Waals surface area contributed by atoms with Crippen molar-refractivity contribution in [3.8, 4) is 5.75 Å². The van der Waals surface area contributed by atoms with E-state index in [9.17, 15) is 8.78 Å². The van der Waals surface area contributed by atoms with Crippen LogP contribution in [0.5, 0.6) is 5.75 Å². The average Bonchev–Trinajstić information content (AvgIpc) is 2.43. The minimum Gasteiger partial charge on any atom is -0.508 e. The topological polar surface area (TPSA) is 32.3 Å². The highest BCUT2D eigenvalue weighted by atomic mass is 35.5. The molecule has 5 heteroatoms. The van der Waals surface area contributed by atoms with Gasteiger partial charge in [0.1, 0.15) is 11.3 Å². The first kappa shape index (κ1) is 13.2. The minimum atomic E-state index is -2.75.